The van der Waals surface area contributed by atoms with Gasteiger partial charge in [0.15, 0.2) is 23.6 Å². The van der Waals surface area contributed by atoms with E-state index < -0.39 is 41.6 Å². The van der Waals surface area contributed by atoms with Gasteiger partial charge in [-0.05, 0) is 62.6 Å². The second-order valence-corrected chi connectivity index (χ2v) is 12.7. The number of methoxy groups -OCH3 is 1. The molecule has 1 amide bonds. The van der Waals surface area contributed by atoms with Crippen LogP contribution in [0.1, 0.15) is 95.0 Å². The van der Waals surface area contributed by atoms with Crippen LogP contribution in [-0.4, -0.2) is 54.0 Å². The van der Waals surface area contributed by atoms with Crippen LogP contribution >= 0.6 is 0 Å². The van der Waals surface area contributed by atoms with Gasteiger partial charge in [0.05, 0.1) is 24.9 Å². The number of carbonyl (C=O) groups excluding carboxylic acids is 5. The first-order valence-corrected chi connectivity index (χ1v) is 15.7. The van der Waals surface area contributed by atoms with Gasteiger partial charge in [-0.3, -0.25) is 24.0 Å². The summed E-state index contributed by atoms with van der Waals surface area (Å²) in [7, 11) is 1.56. The first-order valence-electron chi connectivity index (χ1n) is 15.7. The van der Waals surface area contributed by atoms with E-state index in [0.29, 0.717) is 43.5 Å². The highest BCUT2D eigenvalue weighted by Crippen LogP contribution is 2.38. The third-order valence-electron chi connectivity index (χ3n) is 9.02. The Bertz CT molecular complexity index is 1430. The average Bonchev–Trinajstić information content (AvgIpc) is 3.68. The highest BCUT2D eigenvalue weighted by Gasteiger charge is 2.43. The zero-order valence-corrected chi connectivity index (χ0v) is 25.9. The van der Waals surface area contributed by atoms with Gasteiger partial charge in [0.1, 0.15) is 11.5 Å². The van der Waals surface area contributed by atoms with E-state index in [4.69, 9.17) is 9.47 Å². The number of ether oxygens (including phenoxy) is 2. The normalized spacial score (nSPS) is 19.2. The molecular formula is C34H43N3O7. The van der Waals surface area contributed by atoms with E-state index in [1.165, 1.54) is 0 Å². The minimum atomic E-state index is -1.24. The smallest absolute Gasteiger partial charge is 0.326 e. The fraction of sp³-hybridized carbons (Fsp3) is 0.588. The summed E-state index contributed by atoms with van der Waals surface area (Å²) < 4.78 is 10.7. The topological polar surface area (TPSA) is 155 Å². The summed E-state index contributed by atoms with van der Waals surface area (Å²) >= 11 is 0. The van der Waals surface area contributed by atoms with Crippen LogP contribution in [-0.2, 0) is 23.9 Å². The zero-order chi connectivity index (χ0) is 31.9. The third-order valence-corrected chi connectivity index (χ3v) is 9.02. The van der Waals surface area contributed by atoms with Crippen LogP contribution in [0.3, 0.4) is 0 Å². The first kappa shape index (κ1) is 32.9. The summed E-state index contributed by atoms with van der Waals surface area (Å²) in [5.74, 6) is -2.31. The number of hydrogen-bond acceptors (Lipinski definition) is 8. The zero-order valence-electron chi connectivity index (χ0n) is 25.9. The molecule has 2 aliphatic carbocycles. The number of carbonyl (C=O) groups is 5. The van der Waals surface area contributed by atoms with E-state index >= 15 is 0 Å². The highest BCUT2D eigenvalue weighted by atomic mass is 16.5. The standard InChI is InChI=1S/C34H43N3O7/c1-21(2)15-23(17-29(39)27-18-24-25(36-27)10-8-12-31(24)43-3)32(41)37-26(16-22-9-4-5-11-28(22)38)30(40)19-44-33(42)34(20-35)13-6-7-14-34/h8,10,12,18,21-23,26,36H,4-7,9,11,13-17,19H2,1-3H3,(H,37,41)/t22-,23+,26-/m0/s1. The average molecular weight is 606 g/mol. The van der Waals surface area contributed by atoms with E-state index in [9.17, 15) is 29.2 Å². The van der Waals surface area contributed by atoms with Gasteiger partial charge in [-0.1, -0.05) is 39.2 Å². The fourth-order valence-corrected chi connectivity index (χ4v) is 6.51. The van der Waals surface area contributed by atoms with Crippen molar-refractivity contribution in [1.29, 1.82) is 5.26 Å². The highest BCUT2D eigenvalue weighted by molar-refractivity contribution is 6.02. The number of H-pyrrole nitrogens is 1. The summed E-state index contributed by atoms with van der Waals surface area (Å²) in [6.07, 6.45) is 5.38. The summed E-state index contributed by atoms with van der Waals surface area (Å²) in [4.78, 5) is 69.1. The number of ketones is 3. The SMILES string of the molecule is COc1cccc2[nH]c(C(=O)C[C@@H](CC(C)C)C(=O)N[C@@H](C[C@@H]3CCCCC3=O)C(=O)COC(=O)C3(C#N)CCCC3)cc12. The molecule has 0 aliphatic heterocycles. The number of benzene rings is 1. The number of aromatic nitrogens is 1. The summed E-state index contributed by atoms with van der Waals surface area (Å²) in [5, 5.41) is 13.2. The van der Waals surface area contributed by atoms with E-state index in [-0.39, 0.29) is 36.2 Å². The van der Waals surface area contributed by atoms with Crippen LogP contribution in [0, 0.1) is 34.5 Å². The second kappa shape index (κ2) is 14.7. The van der Waals surface area contributed by atoms with Gasteiger partial charge >= 0.3 is 5.97 Å². The van der Waals surface area contributed by atoms with Crippen LogP contribution in [0.4, 0.5) is 0 Å². The molecule has 1 heterocycles. The second-order valence-electron chi connectivity index (χ2n) is 12.7. The van der Waals surface area contributed by atoms with Crippen LogP contribution in [0.2, 0.25) is 0 Å². The Morgan fingerprint density at radius 1 is 1.14 bits per heavy atom. The van der Waals surface area contributed by atoms with Gasteiger partial charge in [0.25, 0.3) is 0 Å². The molecule has 4 rings (SSSR count). The lowest BCUT2D eigenvalue weighted by Gasteiger charge is -2.27. The van der Waals surface area contributed by atoms with Crippen LogP contribution in [0.15, 0.2) is 24.3 Å². The Morgan fingerprint density at radius 2 is 1.89 bits per heavy atom. The van der Waals surface area contributed by atoms with Gasteiger partial charge in [0.2, 0.25) is 5.91 Å². The van der Waals surface area contributed by atoms with Crippen LogP contribution in [0.25, 0.3) is 10.9 Å². The Hall–Kier alpha value is -4.00. The van der Waals surface area contributed by atoms with Crippen molar-refractivity contribution in [3.05, 3.63) is 30.0 Å². The van der Waals surface area contributed by atoms with Crippen molar-refractivity contribution >= 4 is 40.1 Å². The first-order chi connectivity index (χ1) is 21.1. The molecule has 2 fully saturated rings. The van der Waals surface area contributed by atoms with E-state index in [1.807, 2.05) is 26.0 Å². The maximum atomic E-state index is 13.7. The Balaban J connectivity index is 1.49. The number of esters is 1. The molecule has 0 radical (unpaired) electrons. The molecule has 1 aromatic heterocycles. The minimum absolute atomic E-state index is 0.0535. The van der Waals surface area contributed by atoms with Gasteiger partial charge in [-0.25, -0.2) is 0 Å². The largest absolute Gasteiger partial charge is 0.496 e. The monoisotopic (exact) mass is 605 g/mol. The van der Waals surface area contributed by atoms with Gasteiger partial charge in [-0.2, -0.15) is 5.26 Å². The maximum Gasteiger partial charge on any atom is 0.326 e. The van der Waals surface area contributed by atoms with Crippen molar-refractivity contribution in [3.8, 4) is 11.8 Å². The Kier molecular flexibility index (Phi) is 11.0. The summed E-state index contributed by atoms with van der Waals surface area (Å²) in [5.41, 5.74) is -0.143. The van der Waals surface area contributed by atoms with Crippen molar-refractivity contribution < 1.29 is 33.4 Å². The number of nitriles is 1. The minimum Gasteiger partial charge on any atom is -0.496 e. The molecule has 0 unspecified atom stereocenters. The molecule has 10 heteroatoms. The molecule has 0 bridgehead atoms. The molecule has 2 saturated carbocycles. The molecule has 236 valence electrons. The quantitative estimate of drug-likeness (QED) is 0.219. The number of aromatic amines is 1. The lowest BCUT2D eigenvalue weighted by molar-refractivity contribution is -0.156. The molecule has 2 aromatic rings. The maximum absolute atomic E-state index is 13.7. The molecule has 1 aromatic carbocycles. The predicted molar refractivity (Wildman–Crippen MR) is 163 cm³/mol. The van der Waals surface area contributed by atoms with Crippen molar-refractivity contribution in [1.82, 2.24) is 10.3 Å². The van der Waals surface area contributed by atoms with E-state index in [1.54, 1.807) is 19.2 Å². The number of fused-ring (bicyclic) bond motifs is 1. The molecule has 2 N–H and O–H groups in total. The van der Waals surface area contributed by atoms with E-state index in [2.05, 4.69) is 16.4 Å². The lowest BCUT2D eigenvalue weighted by atomic mass is 9.82. The Labute approximate surface area is 258 Å². The number of Topliss-reactive ketones (excluding diaryl/α,β-unsaturated/α-hetero) is 3. The van der Waals surface area contributed by atoms with E-state index in [0.717, 1.165) is 36.6 Å². The van der Waals surface area contributed by atoms with Gasteiger partial charge in [0, 0.05) is 35.6 Å². The molecular weight excluding hydrogens is 562 g/mol. The van der Waals surface area contributed by atoms with Gasteiger partial charge < -0.3 is 19.8 Å². The lowest BCUT2D eigenvalue weighted by Crippen LogP contribution is -2.47. The van der Waals surface area contributed by atoms with Crippen molar-refractivity contribution in [2.75, 3.05) is 13.7 Å². The van der Waals surface area contributed by atoms with Crippen molar-refractivity contribution in [2.24, 2.45) is 23.2 Å². The van der Waals surface area contributed by atoms with Gasteiger partial charge in [-0.15, -0.1) is 0 Å². The predicted octanol–water partition coefficient (Wildman–Crippen LogP) is 5.24. The summed E-state index contributed by atoms with van der Waals surface area (Å²) in [6, 6.07) is 8.19. The number of hydrogen-bond donors (Lipinski definition) is 2. The molecule has 10 nitrogen and oxygen atoms in total. The molecule has 0 spiro atoms. The number of amides is 1. The molecule has 3 atom stereocenters. The van der Waals surface area contributed by atoms with Crippen molar-refractivity contribution in [3.63, 3.8) is 0 Å². The van der Waals surface area contributed by atoms with Crippen LogP contribution in [0.5, 0.6) is 5.75 Å². The Morgan fingerprint density at radius 3 is 2.55 bits per heavy atom. The molecule has 2 aliphatic rings. The number of rotatable bonds is 14. The third kappa shape index (κ3) is 7.74. The van der Waals surface area contributed by atoms with Crippen LogP contribution < -0.4 is 10.1 Å². The van der Waals surface area contributed by atoms with Crippen molar-refractivity contribution in [2.45, 2.75) is 90.5 Å². The summed E-state index contributed by atoms with van der Waals surface area (Å²) in [6.45, 7) is 3.31. The number of nitrogens with one attached hydrogen (secondary N) is 2. The number of nitrogens with zero attached hydrogens (tertiary/aromatic N) is 1. The molecule has 44 heavy (non-hydrogen) atoms. The molecule has 0 saturated heterocycles. The fourth-order valence-electron chi connectivity index (χ4n) is 6.51.